The third kappa shape index (κ3) is 4.71. The highest BCUT2D eigenvalue weighted by molar-refractivity contribution is 4.85. The molecule has 1 atom stereocenters. The van der Waals surface area contributed by atoms with Gasteiger partial charge in [0.05, 0.1) is 0 Å². The molecule has 1 N–H and O–H groups in total. The summed E-state index contributed by atoms with van der Waals surface area (Å²) in [4.78, 5) is 5.45. The van der Waals surface area contributed by atoms with E-state index in [2.05, 4.69) is 35.9 Å². The highest BCUT2D eigenvalue weighted by Gasteiger charge is 2.27. The average molecular weight is 281 g/mol. The SMILES string of the molecule is CCCCN(CC1CCCN1)C1CCN(C(C)C)CC1. The van der Waals surface area contributed by atoms with E-state index in [9.17, 15) is 0 Å². The number of rotatable bonds is 7. The summed E-state index contributed by atoms with van der Waals surface area (Å²) >= 11 is 0. The maximum atomic E-state index is 3.68. The van der Waals surface area contributed by atoms with Crippen molar-refractivity contribution in [2.24, 2.45) is 0 Å². The van der Waals surface area contributed by atoms with Crippen molar-refractivity contribution in [3.8, 4) is 0 Å². The molecule has 3 nitrogen and oxygen atoms in total. The fourth-order valence-corrected chi connectivity index (χ4v) is 3.75. The minimum absolute atomic E-state index is 0.719. The van der Waals surface area contributed by atoms with E-state index in [-0.39, 0.29) is 0 Å². The molecule has 0 saturated carbocycles. The Hall–Kier alpha value is -0.120. The number of hydrogen-bond acceptors (Lipinski definition) is 3. The predicted molar refractivity (Wildman–Crippen MR) is 87.2 cm³/mol. The van der Waals surface area contributed by atoms with Crippen LogP contribution < -0.4 is 5.32 Å². The van der Waals surface area contributed by atoms with E-state index in [0.29, 0.717) is 0 Å². The zero-order chi connectivity index (χ0) is 14.4. The van der Waals surface area contributed by atoms with Gasteiger partial charge in [0.15, 0.2) is 0 Å². The van der Waals surface area contributed by atoms with Gasteiger partial charge in [0.2, 0.25) is 0 Å². The van der Waals surface area contributed by atoms with Crippen molar-refractivity contribution in [3.05, 3.63) is 0 Å². The van der Waals surface area contributed by atoms with Gasteiger partial charge in [0.1, 0.15) is 0 Å². The lowest BCUT2D eigenvalue weighted by Gasteiger charge is -2.41. The molecule has 20 heavy (non-hydrogen) atoms. The molecule has 2 aliphatic heterocycles. The molecule has 0 aromatic rings. The van der Waals surface area contributed by atoms with Crippen molar-refractivity contribution in [1.82, 2.24) is 15.1 Å². The Balaban J connectivity index is 1.82. The largest absolute Gasteiger partial charge is 0.313 e. The van der Waals surface area contributed by atoms with Crippen LogP contribution in [0.3, 0.4) is 0 Å². The molecule has 2 rings (SSSR count). The molecular weight excluding hydrogens is 246 g/mol. The molecule has 0 aliphatic carbocycles. The van der Waals surface area contributed by atoms with Crippen LogP contribution in [-0.2, 0) is 0 Å². The molecule has 0 aromatic heterocycles. The van der Waals surface area contributed by atoms with E-state index in [1.807, 2.05) is 0 Å². The topological polar surface area (TPSA) is 18.5 Å². The molecule has 0 spiro atoms. The van der Waals surface area contributed by atoms with Crippen LogP contribution in [-0.4, -0.2) is 60.6 Å². The van der Waals surface area contributed by atoms with Crippen molar-refractivity contribution in [1.29, 1.82) is 0 Å². The van der Waals surface area contributed by atoms with Gasteiger partial charge in [0, 0.05) is 24.7 Å². The summed E-state index contributed by atoms with van der Waals surface area (Å²) < 4.78 is 0. The van der Waals surface area contributed by atoms with Crippen molar-refractivity contribution in [2.45, 2.75) is 77.4 Å². The van der Waals surface area contributed by atoms with Crippen molar-refractivity contribution < 1.29 is 0 Å². The first-order valence-electron chi connectivity index (χ1n) is 8.92. The second-order valence-corrected chi connectivity index (χ2v) is 7.00. The van der Waals surface area contributed by atoms with E-state index in [0.717, 1.165) is 18.1 Å². The standard InChI is InChI=1S/C17H35N3/c1-4-5-11-20(14-16-7-6-10-18-16)17-8-12-19(13-9-17)15(2)3/h15-18H,4-14H2,1-3H3. The summed E-state index contributed by atoms with van der Waals surface area (Å²) in [5.74, 6) is 0. The Bertz CT molecular complexity index is 253. The Kier molecular flexibility index (Phi) is 6.79. The van der Waals surface area contributed by atoms with Gasteiger partial charge in [-0.2, -0.15) is 0 Å². The van der Waals surface area contributed by atoms with Gasteiger partial charge in [-0.15, -0.1) is 0 Å². The molecule has 118 valence electrons. The van der Waals surface area contributed by atoms with E-state index in [1.165, 1.54) is 71.2 Å². The maximum Gasteiger partial charge on any atom is 0.0195 e. The summed E-state index contributed by atoms with van der Waals surface area (Å²) in [5.41, 5.74) is 0. The minimum Gasteiger partial charge on any atom is -0.313 e. The lowest BCUT2D eigenvalue weighted by Crippen LogP contribution is -2.50. The average Bonchev–Trinajstić information content (AvgIpc) is 2.96. The van der Waals surface area contributed by atoms with Crippen molar-refractivity contribution in [3.63, 3.8) is 0 Å². The first-order valence-corrected chi connectivity index (χ1v) is 8.92. The Labute approximate surface area is 126 Å². The normalized spacial score (nSPS) is 25.9. The van der Waals surface area contributed by atoms with Crippen LogP contribution in [0.2, 0.25) is 0 Å². The van der Waals surface area contributed by atoms with E-state index in [1.54, 1.807) is 0 Å². The molecule has 0 amide bonds. The molecule has 3 heteroatoms. The van der Waals surface area contributed by atoms with Crippen LogP contribution in [0, 0.1) is 0 Å². The van der Waals surface area contributed by atoms with Crippen LogP contribution >= 0.6 is 0 Å². The molecule has 1 unspecified atom stereocenters. The van der Waals surface area contributed by atoms with Crippen LogP contribution in [0.1, 0.15) is 59.3 Å². The smallest absolute Gasteiger partial charge is 0.0195 e. The van der Waals surface area contributed by atoms with Gasteiger partial charge in [-0.25, -0.2) is 0 Å². The summed E-state index contributed by atoms with van der Waals surface area (Å²) in [5, 5.41) is 3.68. The molecule has 0 bridgehead atoms. The number of likely N-dealkylation sites (tertiary alicyclic amines) is 1. The third-order valence-corrected chi connectivity index (χ3v) is 5.16. The van der Waals surface area contributed by atoms with E-state index < -0.39 is 0 Å². The number of hydrogen-bond donors (Lipinski definition) is 1. The van der Waals surface area contributed by atoms with Crippen LogP contribution in [0.4, 0.5) is 0 Å². The number of piperidine rings is 1. The maximum absolute atomic E-state index is 3.68. The Morgan fingerprint density at radius 2 is 1.95 bits per heavy atom. The third-order valence-electron chi connectivity index (χ3n) is 5.16. The highest BCUT2D eigenvalue weighted by atomic mass is 15.2. The van der Waals surface area contributed by atoms with E-state index in [4.69, 9.17) is 0 Å². The molecule has 2 fully saturated rings. The van der Waals surface area contributed by atoms with Crippen molar-refractivity contribution >= 4 is 0 Å². The first-order chi connectivity index (χ1) is 9.70. The van der Waals surface area contributed by atoms with Crippen LogP contribution in [0.25, 0.3) is 0 Å². The van der Waals surface area contributed by atoms with Gasteiger partial charge >= 0.3 is 0 Å². The molecular formula is C17H35N3. The number of unbranched alkanes of at least 4 members (excludes halogenated alkanes) is 1. The fraction of sp³-hybridized carbons (Fsp3) is 1.00. The lowest BCUT2D eigenvalue weighted by molar-refractivity contribution is 0.0855. The van der Waals surface area contributed by atoms with Gasteiger partial charge in [-0.3, -0.25) is 4.90 Å². The monoisotopic (exact) mass is 281 g/mol. The number of nitrogens with one attached hydrogen (secondary N) is 1. The van der Waals surface area contributed by atoms with Gasteiger partial charge in [-0.05, 0) is 72.1 Å². The quantitative estimate of drug-likeness (QED) is 0.774. The molecule has 0 radical (unpaired) electrons. The fourth-order valence-electron chi connectivity index (χ4n) is 3.75. The second-order valence-electron chi connectivity index (χ2n) is 7.00. The highest BCUT2D eigenvalue weighted by Crippen LogP contribution is 2.20. The Morgan fingerprint density at radius 3 is 2.50 bits per heavy atom. The summed E-state index contributed by atoms with van der Waals surface area (Å²) in [6, 6.07) is 2.31. The molecule has 2 saturated heterocycles. The van der Waals surface area contributed by atoms with Crippen LogP contribution in [0.5, 0.6) is 0 Å². The van der Waals surface area contributed by atoms with Gasteiger partial charge in [0.25, 0.3) is 0 Å². The van der Waals surface area contributed by atoms with Gasteiger partial charge < -0.3 is 10.2 Å². The zero-order valence-corrected chi connectivity index (χ0v) is 13.9. The van der Waals surface area contributed by atoms with Crippen molar-refractivity contribution in [2.75, 3.05) is 32.7 Å². The predicted octanol–water partition coefficient (Wildman–Crippen LogP) is 2.71. The second kappa shape index (κ2) is 8.35. The Morgan fingerprint density at radius 1 is 1.20 bits per heavy atom. The zero-order valence-electron chi connectivity index (χ0n) is 13.9. The summed E-state index contributed by atoms with van der Waals surface area (Å²) in [6.07, 6.45) is 8.17. The van der Waals surface area contributed by atoms with Crippen LogP contribution in [0.15, 0.2) is 0 Å². The summed E-state index contributed by atoms with van der Waals surface area (Å²) in [7, 11) is 0. The lowest BCUT2D eigenvalue weighted by atomic mass is 10.0. The first kappa shape index (κ1) is 16.3. The van der Waals surface area contributed by atoms with E-state index >= 15 is 0 Å². The summed E-state index contributed by atoms with van der Waals surface area (Å²) in [6.45, 7) is 13.4. The molecule has 2 heterocycles. The molecule has 2 aliphatic rings. The van der Waals surface area contributed by atoms with Gasteiger partial charge in [-0.1, -0.05) is 13.3 Å². The number of nitrogens with zero attached hydrogens (tertiary/aromatic N) is 2. The minimum atomic E-state index is 0.719. The molecule has 0 aromatic carbocycles.